The molecule has 1 fully saturated rings. The summed E-state index contributed by atoms with van der Waals surface area (Å²) in [6.45, 7) is 0.630. The minimum atomic E-state index is -0.511. The van der Waals surface area contributed by atoms with Crippen molar-refractivity contribution in [3.8, 4) is 0 Å². The maximum Gasteiger partial charge on any atom is 0.0819 e. The van der Waals surface area contributed by atoms with E-state index in [2.05, 4.69) is 27.9 Å². The Morgan fingerprint density at radius 2 is 2.06 bits per heavy atom. The SMILES string of the molecule is OC1(CNc2ccc(Cl)cc2I)CCCC1. The number of hydrogen-bond acceptors (Lipinski definition) is 2. The van der Waals surface area contributed by atoms with E-state index in [1.165, 1.54) is 0 Å². The predicted molar refractivity (Wildman–Crippen MR) is 76.1 cm³/mol. The van der Waals surface area contributed by atoms with Crippen LogP contribution in [0.2, 0.25) is 5.02 Å². The van der Waals surface area contributed by atoms with Crippen LogP contribution in [0.15, 0.2) is 18.2 Å². The van der Waals surface area contributed by atoms with Crippen LogP contribution < -0.4 is 5.32 Å². The molecule has 1 aromatic carbocycles. The molecule has 0 amide bonds. The lowest BCUT2D eigenvalue weighted by Crippen LogP contribution is -2.33. The Morgan fingerprint density at radius 1 is 1.38 bits per heavy atom. The molecule has 1 aromatic rings. The largest absolute Gasteiger partial charge is 0.388 e. The summed E-state index contributed by atoms with van der Waals surface area (Å²) >= 11 is 8.14. The minimum absolute atomic E-state index is 0.511. The van der Waals surface area contributed by atoms with Crippen molar-refractivity contribution in [2.75, 3.05) is 11.9 Å². The fourth-order valence-electron chi connectivity index (χ4n) is 2.10. The summed E-state index contributed by atoms with van der Waals surface area (Å²) in [5.41, 5.74) is 0.535. The molecule has 1 aliphatic rings. The Balaban J connectivity index is 1.99. The topological polar surface area (TPSA) is 32.3 Å². The number of aliphatic hydroxyl groups is 1. The van der Waals surface area contributed by atoms with Gasteiger partial charge < -0.3 is 10.4 Å². The first-order valence-electron chi connectivity index (χ1n) is 5.50. The highest BCUT2D eigenvalue weighted by Gasteiger charge is 2.30. The van der Waals surface area contributed by atoms with Crippen LogP contribution in [-0.2, 0) is 0 Å². The Kier molecular flexibility index (Phi) is 3.97. The van der Waals surface area contributed by atoms with Crippen molar-refractivity contribution >= 4 is 39.9 Å². The third-order valence-electron chi connectivity index (χ3n) is 3.07. The molecule has 4 heteroatoms. The highest BCUT2D eigenvalue weighted by Crippen LogP contribution is 2.30. The molecule has 2 rings (SSSR count). The average molecular weight is 352 g/mol. The van der Waals surface area contributed by atoms with E-state index in [0.717, 1.165) is 40.0 Å². The summed E-state index contributed by atoms with van der Waals surface area (Å²) in [6.07, 6.45) is 4.08. The quantitative estimate of drug-likeness (QED) is 0.815. The zero-order valence-electron chi connectivity index (χ0n) is 8.97. The Hall–Kier alpha value is -0.000000000000000111. The second kappa shape index (κ2) is 5.10. The van der Waals surface area contributed by atoms with Gasteiger partial charge in [0.25, 0.3) is 0 Å². The van der Waals surface area contributed by atoms with Crippen molar-refractivity contribution in [2.45, 2.75) is 31.3 Å². The van der Waals surface area contributed by atoms with Crippen LogP contribution in [0.1, 0.15) is 25.7 Å². The van der Waals surface area contributed by atoms with Crippen LogP contribution in [0.25, 0.3) is 0 Å². The number of nitrogens with one attached hydrogen (secondary N) is 1. The number of rotatable bonds is 3. The molecule has 0 heterocycles. The van der Waals surface area contributed by atoms with Gasteiger partial charge in [0.05, 0.1) is 5.60 Å². The number of benzene rings is 1. The van der Waals surface area contributed by atoms with E-state index in [4.69, 9.17) is 11.6 Å². The normalized spacial score (nSPS) is 18.7. The second-order valence-corrected chi connectivity index (χ2v) is 6.01. The maximum absolute atomic E-state index is 10.2. The molecule has 1 saturated carbocycles. The van der Waals surface area contributed by atoms with Crippen LogP contribution in [0.3, 0.4) is 0 Å². The van der Waals surface area contributed by atoms with E-state index in [1.54, 1.807) is 0 Å². The first-order valence-corrected chi connectivity index (χ1v) is 6.96. The summed E-state index contributed by atoms with van der Waals surface area (Å²) < 4.78 is 1.09. The lowest BCUT2D eigenvalue weighted by molar-refractivity contribution is 0.0614. The van der Waals surface area contributed by atoms with Crippen LogP contribution in [0, 0.1) is 3.57 Å². The number of halogens is 2. The van der Waals surface area contributed by atoms with E-state index < -0.39 is 5.60 Å². The van der Waals surface area contributed by atoms with Crippen LogP contribution >= 0.6 is 34.2 Å². The molecule has 0 aliphatic heterocycles. The Labute approximate surface area is 115 Å². The molecule has 0 aromatic heterocycles. The summed E-state index contributed by atoms with van der Waals surface area (Å²) in [4.78, 5) is 0. The smallest absolute Gasteiger partial charge is 0.0819 e. The van der Waals surface area contributed by atoms with E-state index >= 15 is 0 Å². The molecule has 1 aliphatic carbocycles. The lowest BCUT2D eigenvalue weighted by Gasteiger charge is -2.23. The first-order chi connectivity index (χ1) is 7.59. The van der Waals surface area contributed by atoms with Crippen LogP contribution in [-0.4, -0.2) is 17.3 Å². The predicted octanol–water partition coefficient (Wildman–Crippen LogP) is 3.66. The molecule has 0 bridgehead atoms. The molecule has 2 N–H and O–H groups in total. The van der Waals surface area contributed by atoms with Crippen molar-refractivity contribution in [1.82, 2.24) is 0 Å². The zero-order chi connectivity index (χ0) is 11.6. The molecule has 2 nitrogen and oxygen atoms in total. The number of anilines is 1. The van der Waals surface area contributed by atoms with Gasteiger partial charge in [-0.2, -0.15) is 0 Å². The Bertz CT molecular complexity index is 377. The molecular formula is C12H15ClINO. The van der Waals surface area contributed by atoms with E-state index in [1.807, 2.05) is 18.2 Å². The van der Waals surface area contributed by atoms with Gasteiger partial charge in [-0.15, -0.1) is 0 Å². The van der Waals surface area contributed by atoms with Gasteiger partial charge in [0.15, 0.2) is 0 Å². The van der Waals surface area contributed by atoms with Gasteiger partial charge in [-0.1, -0.05) is 24.4 Å². The standard InChI is InChI=1S/C12H15ClINO/c13-9-3-4-11(10(14)7-9)15-8-12(16)5-1-2-6-12/h3-4,7,15-16H,1-2,5-6,8H2. The second-order valence-electron chi connectivity index (χ2n) is 4.41. The zero-order valence-corrected chi connectivity index (χ0v) is 11.9. The van der Waals surface area contributed by atoms with E-state index in [-0.39, 0.29) is 0 Å². The summed E-state index contributed by atoms with van der Waals surface area (Å²) in [5.74, 6) is 0. The van der Waals surface area contributed by atoms with Crippen LogP contribution in [0.5, 0.6) is 0 Å². The highest BCUT2D eigenvalue weighted by molar-refractivity contribution is 14.1. The highest BCUT2D eigenvalue weighted by atomic mass is 127. The molecule has 0 atom stereocenters. The van der Waals surface area contributed by atoms with Crippen molar-refractivity contribution < 1.29 is 5.11 Å². The molecule has 0 spiro atoms. The van der Waals surface area contributed by atoms with Gasteiger partial charge in [0, 0.05) is 20.8 Å². The molecule has 0 saturated heterocycles. The van der Waals surface area contributed by atoms with Crippen molar-refractivity contribution in [3.05, 3.63) is 26.8 Å². The summed E-state index contributed by atoms with van der Waals surface area (Å²) in [6, 6.07) is 5.75. The molecule has 0 unspecified atom stereocenters. The minimum Gasteiger partial charge on any atom is -0.388 e. The summed E-state index contributed by atoms with van der Waals surface area (Å²) in [5, 5.41) is 14.3. The third-order valence-corrected chi connectivity index (χ3v) is 4.20. The molecular weight excluding hydrogens is 336 g/mol. The van der Waals surface area contributed by atoms with E-state index in [9.17, 15) is 5.11 Å². The van der Waals surface area contributed by atoms with E-state index in [0.29, 0.717) is 6.54 Å². The van der Waals surface area contributed by atoms with Crippen molar-refractivity contribution in [3.63, 3.8) is 0 Å². The third kappa shape index (κ3) is 3.02. The van der Waals surface area contributed by atoms with Gasteiger partial charge in [-0.25, -0.2) is 0 Å². The fraction of sp³-hybridized carbons (Fsp3) is 0.500. The van der Waals surface area contributed by atoms with Gasteiger partial charge in [-0.3, -0.25) is 0 Å². The molecule has 88 valence electrons. The molecule has 16 heavy (non-hydrogen) atoms. The first kappa shape index (κ1) is 12.5. The van der Waals surface area contributed by atoms with Crippen LogP contribution in [0.4, 0.5) is 5.69 Å². The van der Waals surface area contributed by atoms with Gasteiger partial charge in [-0.05, 0) is 53.6 Å². The summed E-state index contributed by atoms with van der Waals surface area (Å²) in [7, 11) is 0. The molecule has 0 radical (unpaired) electrons. The van der Waals surface area contributed by atoms with Crippen molar-refractivity contribution in [1.29, 1.82) is 0 Å². The Morgan fingerprint density at radius 3 is 2.69 bits per heavy atom. The van der Waals surface area contributed by atoms with Crippen molar-refractivity contribution in [2.24, 2.45) is 0 Å². The average Bonchev–Trinajstić information content (AvgIpc) is 2.64. The van der Waals surface area contributed by atoms with Gasteiger partial charge in [0.2, 0.25) is 0 Å². The lowest BCUT2D eigenvalue weighted by atomic mass is 10.0. The van der Waals surface area contributed by atoms with Gasteiger partial charge >= 0.3 is 0 Å². The monoisotopic (exact) mass is 351 g/mol. The maximum atomic E-state index is 10.2. The van der Waals surface area contributed by atoms with Gasteiger partial charge in [0.1, 0.15) is 0 Å². The number of hydrogen-bond donors (Lipinski definition) is 2. The fourth-order valence-corrected chi connectivity index (χ4v) is 3.16.